The van der Waals surface area contributed by atoms with Crippen molar-refractivity contribution in [2.75, 3.05) is 13.2 Å². The molecule has 2 aliphatic rings. The van der Waals surface area contributed by atoms with Gasteiger partial charge in [0.15, 0.2) is 0 Å². The van der Waals surface area contributed by atoms with Crippen molar-refractivity contribution >= 4 is 24.2 Å². The number of ether oxygens (including phenoxy) is 4. The first-order chi connectivity index (χ1) is 22.6. The molecule has 0 atom stereocenters. The minimum Gasteiger partial charge on any atom is -0.494 e. The van der Waals surface area contributed by atoms with Gasteiger partial charge in [-0.1, -0.05) is 26.0 Å². The molecule has 2 saturated carbocycles. The monoisotopic (exact) mass is 656 g/mol. The first-order valence-corrected chi connectivity index (χ1v) is 16.2. The van der Waals surface area contributed by atoms with Crippen LogP contribution in [0.2, 0.25) is 0 Å². The van der Waals surface area contributed by atoms with Crippen LogP contribution in [0.1, 0.15) is 99.8 Å². The molecule has 0 bridgehead atoms. The molecule has 0 aromatic heterocycles. The van der Waals surface area contributed by atoms with Gasteiger partial charge < -0.3 is 18.9 Å². The largest absolute Gasteiger partial charge is 0.550 e. The molecule has 2 fully saturated rings. The fourth-order valence-corrected chi connectivity index (χ4v) is 6.49. The summed E-state index contributed by atoms with van der Waals surface area (Å²) in [6, 6.07) is 12.8. The zero-order valence-corrected chi connectivity index (χ0v) is 27.4. The Balaban J connectivity index is 1.13. The van der Waals surface area contributed by atoms with E-state index in [9.17, 15) is 19.2 Å². The van der Waals surface area contributed by atoms with Gasteiger partial charge >= 0.3 is 24.2 Å². The maximum absolute atomic E-state index is 12.2. The van der Waals surface area contributed by atoms with Gasteiger partial charge in [-0.05, 0) is 119 Å². The Hall–Kier alpha value is -4.48. The highest BCUT2D eigenvalue weighted by Gasteiger charge is 2.41. The molecule has 0 radical (unpaired) electrons. The van der Waals surface area contributed by atoms with Crippen LogP contribution in [0.3, 0.4) is 0 Å². The molecular formula is C35H44O12. The van der Waals surface area contributed by atoms with Gasteiger partial charge in [0, 0.05) is 0 Å². The van der Waals surface area contributed by atoms with Crippen molar-refractivity contribution < 1.29 is 57.7 Å². The van der Waals surface area contributed by atoms with E-state index in [-0.39, 0.29) is 28.7 Å². The zero-order chi connectivity index (χ0) is 33.8. The molecule has 4 rings (SSSR count). The zero-order valence-electron chi connectivity index (χ0n) is 27.4. The second-order valence-electron chi connectivity index (χ2n) is 12.3. The lowest BCUT2D eigenvalue weighted by molar-refractivity contribution is -0.209. The number of rotatable bonds is 10. The summed E-state index contributed by atoms with van der Waals surface area (Å²) in [7, 11) is 0. The lowest BCUT2D eigenvalue weighted by atomic mass is 9.60. The van der Waals surface area contributed by atoms with Crippen LogP contribution in [0, 0.1) is 17.3 Å². The summed E-state index contributed by atoms with van der Waals surface area (Å²) in [5, 5.41) is 0. The molecule has 256 valence electrons. The van der Waals surface area contributed by atoms with Gasteiger partial charge in [-0.3, -0.25) is 0 Å². The molecule has 0 spiro atoms. The van der Waals surface area contributed by atoms with Gasteiger partial charge in [0.25, 0.3) is 0 Å². The van der Waals surface area contributed by atoms with Crippen LogP contribution in [0.25, 0.3) is 0 Å². The smallest absolute Gasteiger partial charge is 0.494 e. The van der Waals surface area contributed by atoms with Gasteiger partial charge in [0.2, 0.25) is 0 Å². The minimum absolute atomic E-state index is 0.0219. The number of hydrogen-bond donors (Lipinski definition) is 0. The Morgan fingerprint density at radius 3 is 1.34 bits per heavy atom. The molecule has 0 unspecified atom stereocenters. The predicted octanol–water partition coefficient (Wildman–Crippen LogP) is 7.78. The number of hydrogen-bond acceptors (Lipinski definition) is 12. The van der Waals surface area contributed by atoms with E-state index in [2.05, 4.69) is 33.4 Å². The fraction of sp³-hybridized carbons (Fsp3) is 0.543. The van der Waals surface area contributed by atoms with Gasteiger partial charge in [-0.25, -0.2) is 29.1 Å². The second-order valence-corrected chi connectivity index (χ2v) is 12.3. The molecule has 0 heterocycles. The van der Waals surface area contributed by atoms with Crippen LogP contribution in [-0.4, -0.2) is 49.7 Å². The summed E-state index contributed by atoms with van der Waals surface area (Å²) < 4.78 is 21.6. The number of carbonyl (C=O) groups excluding carboxylic acids is 4. The molecule has 0 aliphatic heterocycles. The minimum atomic E-state index is -1.05. The molecule has 0 amide bonds. The summed E-state index contributed by atoms with van der Waals surface area (Å²) in [5.74, 6) is 0.200. The van der Waals surface area contributed by atoms with E-state index in [1.165, 1.54) is 24.3 Å². The van der Waals surface area contributed by atoms with E-state index >= 15 is 0 Å². The Morgan fingerprint density at radius 2 is 0.979 bits per heavy atom. The van der Waals surface area contributed by atoms with Crippen LogP contribution < -0.4 is 9.47 Å². The summed E-state index contributed by atoms with van der Waals surface area (Å²) in [5.41, 5.74) is 0.398. The molecular weight excluding hydrogens is 612 g/mol. The Labute approximate surface area is 274 Å². The third-order valence-corrected chi connectivity index (χ3v) is 9.11. The van der Waals surface area contributed by atoms with E-state index in [0.29, 0.717) is 62.2 Å². The quantitative estimate of drug-likeness (QED) is 0.140. The Bertz CT molecular complexity index is 1250. The first kappa shape index (κ1) is 35.4. The molecule has 47 heavy (non-hydrogen) atoms. The van der Waals surface area contributed by atoms with E-state index < -0.39 is 24.2 Å². The van der Waals surface area contributed by atoms with Crippen LogP contribution in [0.4, 0.5) is 9.59 Å². The van der Waals surface area contributed by atoms with Crippen molar-refractivity contribution in [1.29, 1.82) is 0 Å². The van der Waals surface area contributed by atoms with Crippen molar-refractivity contribution in [1.82, 2.24) is 0 Å². The van der Waals surface area contributed by atoms with Gasteiger partial charge in [-0.15, -0.1) is 0 Å². The maximum Gasteiger partial charge on any atom is 0.550 e. The van der Waals surface area contributed by atoms with Crippen molar-refractivity contribution in [3.05, 3.63) is 59.7 Å². The SMILES string of the molecule is CCOc1cccc(C(=O)OOC(=O)OC2CCC(C(C)(C)C3CCC(OC(=O)OOC(=O)c4cccc(OCC)c4)CC3)CC2)c1. The van der Waals surface area contributed by atoms with E-state index in [1.807, 2.05) is 13.8 Å². The van der Waals surface area contributed by atoms with E-state index in [4.69, 9.17) is 18.9 Å². The lowest BCUT2D eigenvalue weighted by Crippen LogP contribution is -2.39. The highest BCUT2D eigenvalue weighted by molar-refractivity contribution is 5.90. The van der Waals surface area contributed by atoms with Crippen LogP contribution in [0.5, 0.6) is 11.5 Å². The topological polar surface area (TPSA) is 142 Å². The highest BCUT2D eigenvalue weighted by Crippen LogP contribution is 2.49. The third kappa shape index (κ3) is 10.3. The van der Waals surface area contributed by atoms with Crippen molar-refractivity contribution in [2.45, 2.75) is 91.3 Å². The molecule has 2 aromatic rings. The second kappa shape index (κ2) is 16.9. The van der Waals surface area contributed by atoms with Gasteiger partial charge in [-0.2, -0.15) is 9.59 Å². The summed E-state index contributed by atoms with van der Waals surface area (Å²) in [6.45, 7) is 9.10. The Kier molecular flexibility index (Phi) is 12.7. The van der Waals surface area contributed by atoms with Crippen LogP contribution >= 0.6 is 0 Å². The molecule has 2 aromatic carbocycles. The summed E-state index contributed by atoms with van der Waals surface area (Å²) in [6.07, 6.45) is 3.42. The predicted molar refractivity (Wildman–Crippen MR) is 166 cm³/mol. The van der Waals surface area contributed by atoms with E-state index in [1.54, 1.807) is 24.3 Å². The molecule has 0 N–H and O–H groups in total. The number of benzene rings is 2. The Morgan fingerprint density at radius 1 is 0.596 bits per heavy atom. The van der Waals surface area contributed by atoms with Gasteiger partial charge in [0.1, 0.15) is 23.7 Å². The summed E-state index contributed by atoms with van der Waals surface area (Å²) >= 11 is 0. The highest BCUT2D eigenvalue weighted by atomic mass is 17.2. The van der Waals surface area contributed by atoms with Crippen LogP contribution in [0.15, 0.2) is 48.5 Å². The molecule has 0 saturated heterocycles. The van der Waals surface area contributed by atoms with Crippen LogP contribution in [-0.2, 0) is 29.0 Å². The third-order valence-electron chi connectivity index (χ3n) is 9.11. The summed E-state index contributed by atoms with van der Waals surface area (Å²) in [4.78, 5) is 67.5. The number of carbonyl (C=O) groups is 4. The average Bonchev–Trinajstić information content (AvgIpc) is 3.07. The van der Waals surface area contributed by atoms with E-state index in [0.717, 1.165) is 25.7 Å². The molecule has 2 aliphatic carbocycles. The standard InChI is InChI=1S/C35H44O12/c1-5-40-29-11-7-9-23(21-29)31(36)44-46-33(38)42-27-17-13-25(14-18-27)35(3,4)26-15-19-28(20-16-26)43-34(39)47-45-32(37)24-10-8-12-30(22-24)41-6-2/h7-12,21-22,25-28H,5-6,13-20H2,1-4H3. The fourth-order valence-electron chi connectivity index (χ4n) is 6.49. The maximum atomic E-state index is 12.2. The van der Waals surface area contributed by atoms with Crippen molar-refractivity contribution in [3.8, 4) is 11.5 Å². The molecule has 12 heteroatoms. The van der Waals surface area contributed by atoms with Crippen molar-refractivity contribution in [2.24, 2.45) is 17.3 Å². The average molecular weight is 657 g/mol. The lowest BCUT2D eigenvalue weighted by Gasteiger charge is -2.46. The first-order valence-electron chi connectivity index (χ1n) is 16.2. The van der Waals surface area contributed by atoms with Gasteiger partial charge in [0.05, 0.1) is 24.3 Å². The normalized spacial score (nSPS) is 21.0. The van der Waals surface area contributed by atoms with Crippen molar-refractivity contribution in [3.63, 3.8) is 0 Å². The molecule has 12 nitrogen and oxygen atoms in total.